The van der Waals surface area contributed by atoms with Gasteiger partial charge in [0.15, 0.2) is 5.03 Å². The molecule has 0 amide bonds. The number of nitrogens with one attached hydrogen (secondary N) is 1. The highest BCUT2D eigenvalue weighted by molar-refractivity contribution is 7.89. The number of hydrogen-bond donors (Lipinski definition) is 1. The fraction of sp³-hybridized carbons (Fsp3) is 0.750. The third-order valence-electron chi connectivity index (χ3n) is 3.96. The van der Waals surface area contributed by atoms with E-state index in [1.54, 1.807) is 7.05 Å². The quantitative estimate of drug-likeness (QED) is 0.868. The molecule has 1 aromatic heterocycles. The summed E-state index contributed by atoms with van der Waals surface area (Å²) in [7, 11) is -1.88. The SMILES string of the molecule is CC1CCC(N(C)S(=O)(=O)c2[nH]ncc2CCl)CC1. The molecule has 0 saturated heterocycles. The zero-order valence-electron chi connectivity index (χ0n) is 11.3. The zero-order valence-corrected chi connectivity index (χ0v) is 12.8. The van der Waals surface area contributed by atoms with Gasteiger partial charge >= 0.3 is 0 Å². The van der Waals surface area contributed by atoms with Gasteiger partial charge in [0.25, 0.3) is 10.0 Å². The molecular weight excluding hydrogens is 286 g/mol. The van der Waals surface area contributed by atoms with E-state index >= 15 is 0 Å². The van der Waals surface area contributed by atoms with E-state index in [1.165, 1.54) is 10.5 Å². The Hall–Kier alpha value is -0.590. The zero-order chi connectivity index (χ0) is 14.0. The van der Waals surface area contributed by atoms with Crippen molar-refractivity contribution < 1.29 is 8.42 Å². The van der Waals surface area contributed by atoms with E-state index in [0.29, 0.717) is 11.5 Å². The third-order valence-corrected chi connectivity index (χ3v) is 6.17. The maximum Gasteiger partial charge on any atom is 0.260 e. The van der Waals surface area contributed by atoms with Crippen LogP contribution in [0, 0.1) is 5.92 Å². The number of nitrogens with zero attached hydrogens (tertiary/aromatic N) is 2. The molecule has 0 aliphatic heterocycles. The lowest BCUT2D eigenvalue weighted by Crippen LogP contribution is -2.39. The number of halogens is 1. The molecule has 0 bridgehead atoms. The van der Waals surface area contributed by atoms with Gasteiger partial charge in [-0.1, -0.05) is 6.92 Å². The van der Waals surface area contributed by atoms with Crippen LogP contribution >= 0.6 is 11.6 Å². The molecule has 0 spiro atoms. The lowest BCUT2D eigenvalue weighted by Gasteiger charge is -2.32. The predicted molar refractivity (Wildman–Crippen MR) is 74.5 cm³/mol. The molecule has 5 nitrogen and oxygen atoms in total. The highest BCUT2D eigenvalue weighted by Gasteiger charge is 2.32. The van der Waals surface area contributed by atoms with Gasteiger partial charge in [-0.2, -0.15) is 9.40 Å². The molecule has 1 saturated carbocycles. The molecule has 1 aromatic rings. The van der Waals surface area contributed by atoms with Crippen LogP contribution in [0.1, 0.15) is 38.2 Å². The van der Waals surface area contributed by atoms with Crippen molar-refractivity contribution in [3.63, 3.8) is 0 Å². The number of aromatic amines is 1. The number of rotatable bonds is 4. The number of H-pyrrole nitrogens is 1. The minimum Gasteiger partial charge on any atom is -0.266 e. The Kier molecular flexibility index (Phi) is 4.53. The van der Waals surface area contributed by atoms with E-state index in [4.69, 9.17) is 11.6 Å². The van der Waals surface area contributed by atoms with Gasteiger partial charge in [-0.25, -0.2) is 8.42 Å². The molecule has 108 valence electrons. The van der Waals surface area contributed by atoms with Crippen LogP contribution in [-0.4, -0.2) is 36.0 Å². The molecule has 1 heterocycles. The molecule has 1 fully saturated rings. The van der Waals surface area contributed by atoms with Gasteiger partial charge in [-0.3, -0.25) is 5.10 Å². The first-order valence-electron chi connectivity index (χ1n) is 6.53. The normalized spacial score (nSPS) is 24.8. The molecule has 0 atom stereocenters. The van der Waals surface area contributed by atoms with Gasteiger partial charge in [0.1, 0.15) is 0 Å². The van der Waals surface area contributed by atoms with Crippen molar-refractivity contribution >= 4 is 21.6 Å². The second kappa shape index (κ2) is 5.81. The van der Waals surface area contributed by atoms with Crippen molar-refractivity contribution in [1.29, 1.82) is 0 Å². The summed E-state index contributed by atoms with van der Waals surface area (Å²) in [5.41, 5.74) is 0.526. The molecule has 1 aliphatic rings. The van der Waals surface area contributed by atoms with E-state index in [2.05, 4.69) is 17.1 Å². The second-order valence-corrected chi connectivity index (χ2v) is 7.49. The molecular formula is C12H20ClN3O2S. The summed E-state index contributed by atoms with van der Waals surface area (Å²) >= 11 is 5.75. The van der Waals surface area contributed by atoms with E-state index in [9.17, 15) is 8.42 Å². The minimum absolute atomic E-state index is 0.0766. The Bertz CT molecular complexity index is 521. The van der Waals surface area contributed by atoms with E-state index in [-0.39, 0.29) is 16.9 Å². The number of hydrogen-bond acceptors (Lipinski definition) is 3. The van der Waals surface area contributed by atoms with Crippen LogP contribution in [0.25, 0.3) is 0 Å². The van der Waals surface area contributed by atoms with Crippen molar-refractivity contribution in [1.82, 2.24) is 14.5 Å². The minimum atomic E-state index is -3.52. The summed E-state index contributed by atoms with van der Waals surface area (Å²) < 4.78 is 26.6. The maximum absolute atomic E-state index is 12.5. The first-order chi connectivity index (χ1) is 8.96. The molecule has 1 N–H and O–H groups in total. The summed E-state index contributed by atoms with van der Waals surface area (Å²) in [5.74, 6) is 0.832. The van der Waals surface area contributed by atoms with Crippen LogP contribution in [0.4, 0.5) is 0 Å². The molecule has 0 radical (unpaired) electrons. The van der Waals surface area contributed by atoms with E-state index in [1.807, 2.05) is 0 Å². The number of aromatic nitrogens is 2. The monoisotopic (exact) mass is 305 g/mol. The van der Waals surface area contributed by atoms with Crippen LogP contribution in [0.3, 0.4) is 0 Å². The van der Waals surface area contributed by atoms with Crippen LogP contribution in [-0.2, 0) is 15.9 Å². The molecule has 2 rings (SSSR count). The summed E-state index contributed by atoms with van der Waals surface area (Å²) in [6, 6.07) is 0.0766. The first-order valence-corrected chi connectivity index (χ1v) is 8.50. The molecule has 7 heteroatoms. The smallest absolute Gasteiger partial charge is 0.260 e. The summed E-state index contributed by atoms with van der Waals surface area (Å²) in [6.07, 6.45) is 5.46. The summed E-state index contributed by atoms with van der Waals surface area (Å²) in [6.45, 7) is 2.21. The van der Waals surface area contributed by atoms with Crippen molar-refractivity contribution in [3.8, 4) is 0 Å². The van der Waals surface area contributed by atoms with Crippen molar-refractivity contribution in [2.24, 2.45) is 5.92 Å². The third kappa shape index (κ3) is 2.95. The van der Waals surface area contributed by atoms with E-state index < -0.39 is 10.0 Å². The largest absolute Gasteiger partial charge is 0.266 e. The van der Waals surface area contributed by atoms with Crippen LogP contribution < -0.4 is 0 Å². The molecule has 0 aromatic carbocycles. The van der Waals surface area contributed by atoms with E-state index in [0.717, 1.165) is 25.7 Å². The topological polar surface area (TPSA) is 66.1 Å². The number of sulfonamides is 1. The Labute approximate surface area is 119 Å². The van der Waals surface area contributed by atoms with Gasteiger partial charge < -0.3 is 0 Å². The van der Waals surface area contributed by atoms with Gasteiger partial charge in [0.2, 0.25) is 0 Å². The standard InChI is InChI=1S/C12H20ClN3O2S/c1-9-3-5-11(6-4-9)16(2)19(17,18)12-10(7-13)8-14-15-12/h8-9,11H,3-7H2,1-2H3,(H,14,15). The fourth-order valence-corrected chi connectivity index (χ4v) is 4.36. The lowest BCUT2D eigenvalue weighted by atomic mass is 9.87. The van der Waals surface area contributed by atoms with Gasteiger partial charge in [-0.15, -0.1) is 11.6 Å². The Morgan fingerprint density at radius 2 is 2.05 bits per heavy atom. The summed E-state index contributed by atoms with van der Waals surface area (Å²) in [5, 5.41) is 6.47. The maximum atomic E-state index is 12.5. The highest BCUT2D eigenvalue weighted by Crippen LogP contribution is 2.30. The average molecular weight is 306 g/mol. The van der Waals surface area contributed by atoms with Crippen LogP contribution in [0.2, 0.25) is 0 Å². The average Bonchev–Trinajstić information content (AvgIpc) is 2.87. The molecule has 0 unspecified atom stereocenters. The van der Waals surface area contributed by atoms with Crippen molar-refractivity contribution in [2.45, 2.75) is 49.6 Å². The van der Waals surface area contributed by atoms with Gasteiger partial charge in [-0.05, 0) is 31.6 Å². The van der Waals surface area contributed by atoms with Crippen molar-refractivity contribution in [2.75, 3.05) is 7.05 Å². The second-order valence-electron chi connectivity index (χ2n) is 5.29. The van der Waals surface area contributed by atoms with Gasteiger partial charge in [0, 0.05) is 18.7 Å². The number of alkyl halides is 1. The Morgan fingerprint density at radius 1 is 1.42 bits per heavy atom. The molecule has 1 aliphatic carbocycles. The Balaban J connectivity index is 2.20. The Morgan fingerprint density at radius 3 is 2.63 bits per heavy atom. The summed E-state index contributed by atoms with van der Waals surface area (Å²) in [4.78, 5) is 0. The fourth-order valence-electron chi connectivity index (χ4n) is 2.56. The molecule has 19 heavy (non-hydrogen) atoms. The predicted octanol–water partition coefficient (Wildman–Crippen LogP) is 2.35. The highest BCUT2D eigenvalue weighted by atomic mass is 35.5. The first kappa shape index (κ1) is 14.8. The van der Waals surface area contributed by atoms with Crippen molar-refractivity contribution in [3.05, 3.63) is 11.8 Å². The van der Waals surface area contributed by atoms with Crippen LogP contribution in [0.15, 0.2) is 11.2 Å². The lowest BCUT2D eigenvalue weighted by molar-refractivity contribution is 0.245. The van der Waals surface area contributed by atoms with Gasteiger partial charge in [0.05, 0.1) is 12.1 Å². The van der Waals surface area contributed by atoms with Crippen LogP contribution in [0.5, 0.6) is 0 Å².